The molecule has 0 bridgehead atoms. The summed E-state index contributed by atoms with van der Waals surface area (Å²) in [4.78, 5) is 11.8. The Hall–Kier alpha value is -2.33. The van der Waals surface area contributed by atoms with Crippen LogP contribution in [-0.4, -0.2) is 29.9 Å². The second-order valence-corrected chi connectivity index (χ2v) is 4.94. The van der Waals surface area contributed by atoms with Gasteiger partial charge in [-0.15, -0.1) is 0 Å². The Morgan fingerprint density at radius 1 is 1.10 bits per heavy atom. The van der Waals surface area contributed by atoms with Crippen molar-refractivity contribution in [2.45, 2.75) is 11.8 Å². The van der Waals surface area contributed by atoms with Gasteiger partial charge in [0.05, 0.1) is 13.7 Å². The highest BCUT2D eigenvalue weighted by Crippen LogP contribution is 2.29. The maximum Gasteiger partial charge on any atom is 0.316 e. The predicted octanol–water partition coefficient (Wildman–Crippen LogP) is 2.25. The van der Waals surface area contributed by atoms with Crippen LogP contribution in [0.4, 0.5) is 0 Å². The average molecular weight is 286 g/mol. The van der Waals surface area contributed by atoms with Crippen LogP contribution in [0.5, 0.6) is 5.75 Å². The van der Waals surface area contributed by atoms with Gasteiger partial charge in [0.2, 0.25) is 0 Å². The first kappa shape index (κ1) is 15.1. The number of ether oxygens (including phenoxy) is 1. The average Bonchev–Trinajstić information content (AvgIpc) is 2.54. The van der Waals surface area contributed by atoms with Gasteiger partial charge in [0.1, 0.15) is 11.2 Å². The zero-order valence-electron chi connectivity index (χ0n) is 11.8. The minimum absolute atomic E-state index is 0.215. The molecule has 1 unspecified atom stereocenters. The number of carbonyl (C=O) groups is 1. The number of hydrogen-bond donors (Lipinski definition) is 2. The van der Waals surface area contributed by atoms with E-state index in [4.69, 9.17) is 4.74 Å². The van der Waals surface area contributed by atoms with Crippen LogP contribution in [0.3, 0.4) is 0 Å². The van der Waals surface area contributed by atoms with E-state index in [0.29, 0.717) is 11.3 Å². The van der Waals surface area contributed by atoms with Gasteiger partial charge in [0.25, 0.3) is 0 Å². The third kappa shape index (κ3) is 3.06. The summed E-state index contributed by atoms with van der Waals surface area (Å²) in [7, 11) is 1.58. The Morgan fingerprint density at radius 3 is 2.19 bits per heavy atom. The molecule has 0 saturated carbocycles. The van der Waals surface area contributed by atoms with Crippen LogP contribution in [-0.2, 0) is 16.6 Å². The second kappa shape index (κ2) is 6.41. The van der Waals surface area contributed by atoms with Crippen molar-refractivity contribution in [2.24, 2.45) is 0 Å². The first-order valence-electron chi connectivity index (χ1n) is 6.65. The summed E-state index contributed by atoms with van der Waals surface area (Å²) in [6.07, 6.45) is 0.215. The molecule has 0 aromatic heterocycles. The number of benzene rings is 2. The zero-order chi connectivity index (χ0) is 15.3. The lowest BCUT2D eigenvalue weighted by Gasteiger charge is -2.28. The van der Waals surface area contributed by atoms with Crippen molar-refractivity contribution in [3.8, 4) is 5.75 Å². The van der Waals surface area contributed by atoms with Crippen molar-refractivity contribution in [2.75, 3.05) is 13.7 Å². The molecule has 21 heavy (non-hydrogen) atoms. The first-order chi connectivity index (χ1) is 10.1. The van der Waals surface area contributed by atoms with E-state index in [1.807, 2.05) is 18.2 Å². The monoisotopic (exact) mass is 286 g/mol. The molecule has 4 heteroatoms. The predicted molar refractivity (Wildman–Crippen MR) is 79.5 cm³/mol. The van der Waals surface area contributed by atoms with Gasteiger partial charge in [0.15, 0.2) is 0 Å². The summed E-state index contributed by atoms with van der Waals surface area (Å²) in [5, 5.41) is 19.4. The fourth-order valence-corrected chi connectivity index (χ4v) is 2.37. The maximum atomic E-state index is 11.8. The lowest BCUT2D eigenvalue weighted by Crippen LogP contribution is -2.41. The molecule has 2 aromatic carbocycles. The first-order valence-corrected chi connectivity index (χ1v) is 6.65. The van der Waals surface area contributed by atoms with Gasteiger partial charge in [-0.05, 0) is 29.7 Å². The maximum absolute atomic E-state index is 11.8. The van der Waals surface area contributed by atoms with E-state index in [9.17, 15) is 15.0 Å². The van der Waals surface area contributed by atoms with Crippen molar-refractivity contribution in [1.82, 2.24) is 0 Å². The van der Waals surface area contributed by atoms with Gasteiger partial charge in [-0.3, -0.25) is 4.79 Å². The topological polar surface area (TPSA) is 66.8 Å². The minimum Gasteiger partial charge on any atom is -0.497 e. The van der Waals surface area contributed by atoms with Crippen LogP contribution < -0.4 is 4.74 Å². The number of methoxy groups -OCH3 is 1. The molecule has 2 aromatic rings. The Labute approximate surface area is 123 Å². The van der Waals surface area contributed by atoms with Gasteiger partial charge < -0.3 is 14.9 Å². The third-order valence-corrected chi connectivity index (χ3v) is 3.67. The van der Waals surface area contributed by atoms with Gasteiger partial charge in [-0.25, -0.2) is 0 Å². The number of carboxylic acids is 1. The third-order valence-electron chi connectivity index (χ3n) is 3.67. The number of rotatable bonds is 6. The van der Waals surface area contributed by atoms with Crippen LogP contribution in [0.15, 0.2) is 54.6 Å². The molecule has 2 N–H and O–H groups in total. The molecule has 0 aliphatic carbocycles. The van der Waals surface area contributed by atoms with Gasteiger partial charge in [0, 0.05) is 0 Å². The van der Waals surface area contributed by atoms with E-state index in [1.165, 1.54) is 0 Å². The molecule has 0 fully saturated rings. The van der Waals surface area contributed by atoms with Crippen LogP contribution in [0.1, 0.15) is 11.1 Å². The summed E-state index contributed by atoms with van der Waals surface area (Å²) >= 11 is 0. The summed E-state index contributed by atoms with van der Waals surface area (Å²) in [6, 6.07) is 16.0. The number of hydrogen-bond acceptors (Lipinski definition) is 3. The van der Waals surface area contributed by atoms with E-state index < -0.39 is 18.0 Å². The number of aliphatic hydroxyl groups excluding tert-OH is 1. The minimum atomic E-state index is -1.34. The van der Waals surface area contributed by atoms with Gasteiger partial charge in [-0.1, -0.05) is 42.5 Å². The second-order valence-electron chi connectivity index (χ2n) is 4.94. The van der Waals surface area contributed by atoms with Crippen LogP contribution in [0, 0.1) is 0 Å². The number of carboxylic acid groups (broad SMARTS) is 1. The Kier molecular flexibility index (Phi) is 4.60. The highest BCUT2D eigenvalue weighted by Gasteiger charge is 2.40. The summed E-state index contributed by atoms with van der Waals surface area (Å²) < 4.78 is 5.09. The molecule has 0 radical (unpaired) electrons. The van der Waals surface area contributed by atoms with E-state index in [2.05, 4.69) is 0 Å². The highest BCUT2D eigenvalue weighted by atomic mass is 16.5. The van der Waals surface area contributed by atoms with Crippen molar-refractivity contribution in [3.63, 3.8) is 0 Å². The molecule has 0 saturated heterocycles. The van der Waals surface area contributed by atoms with Crippen LogP contribution in [0.25, 0.3) is 0 Å². The standard InChI is InChI=1S/C17H18O4/c1-21-15-9-7-13(8-10-15)11-17(12-18,16(19)20)14-5-3-2-4-6-14/h2-10,18H,11-12H2,1H3,(H,19,20). The molecule has 0 aliphatic heterocycles. The molecule has 2 rings (SSSR count). The zero-order valence-corrected chi connectivity index (χ0v) is 11.8. The van der Waals surface area contributed by atoms with Crippen molar-refractivity contribution in [1.29, 1.82) is 0 Å². The normalized spacial score (nSPS) is 13.4. The van der Waals surface area contributed by atoms with E-state index in [0.717, 1.165) is 5.56 Å². The van der Waals surface area contributed by atoms with E-state index in [1.54, 1.807) is 43.5 Å². The highest BCUT2D eigenvalue weighted by molar-refractivity contribution is 5.82. The van der Waals surface area contributed by atoms with Gasteiger partial charge in [-0.2, -0.15) is 0 Å². The van der Waals surface area contributed by atoms with Crippen molar-refractivity contribution >= 4 is 5.97 Å². The molecule has 0 heterocycles. The van der Waals surface area contributed by atoms with Crippen LogP contribution >= 0.6 is 0 Å². The molecule has 110 valence electrons. The van der Waals surface area contributed by atoms with Crippen LogP contribution in [0.2, 0.25) is 0 Å². The molecule has 1 atom stereocenters. The lowest BCUT2D eigenvalue weighted by molar-refractivity contribution is -0.145. The Balaban J connectivity index is 2.38. The molecule has 0 aliphatic rings. The Morgan fingerprint density at radius 2 is 1.71 bits per heavy atom. The summed E-state index contributed by atoms with van der Waals surface area (Å²) in [5.74, 6) is -0.324. The fourth-order valence-electron chi connectivity index (χ4n) is 2.37. The molecule has 0 amide bonds. The quantitative estimate of drug-likeness (QED) is 0.854. The fraction of sp³-hybridized carbons (Fsp3) is 0.235. The van der Waals surface area contributed by atoms with Crippen molar-refractivity contribution in [3.05, 3.63) is 65.7 Å². The largest absolute Gasteiger partial charge is 0.497 e. The number of aliphatic carboxylic acids is 1. The smallest absolute Gasteiger partial charge is 0.316 e. The Bertz CT molecular complexity index is 592. The summed E-state index contributed by atoms with van der Waals surface area (Å²) in [6.45, 7) is -0.460. The lowest BCUT2D eigenvalue weighted by atomic mass is 9.76. The van der Waals surface area contributed by atoms with Crippen molar-refractivity contribution < 1.29 is 19.7 Å². The molecular weight excluding hydrogens is 268 g/mol. The van der Waals surface area contributed by atoms with E-state index in [-0.39, 0.29) is 6.42 Å². The SMILES string of the molecule is COc1ccc(CC(CO)(C(=O)O)c2ccccc2)cc1. The number of aliphatic hydroxyl groups is 1. The molecule has 0 spiro atoms. The molecule has 4 nitrogen and oxygen atoms in total. The molecular formula is C17H18O4. The van der Waals surface area contributed by atoms with Gasteiger partial charge >= 0.3 is 5.97 Å². The van der Waals surface area contributed by atoms with E-state index >= 15 is 0 Å². The summed E-state index contributed by atoms with van der Waals surface area (Å²) in [5.41, 5.74) is 0.0856.